The molecule has 4 nitrogen and oxygen atoms in total. The van der Waals surface area contributed by atoms with Crippen LogP contribution in [-0.2, 0) is 0 Å². The van der Waals surface area contributed by atoms with Crippen LogP contribution in [0, 0.1) is 6.92 Å². The van der Waals surface area contributed by atoms with Crippen LogP contribution in [0.25, 0.3) is 0 Å². The van der Waals surface area contributed by atoms with Crippen LogP contribution in [0.1, 0.15) is 25.6 Å². The monoisotopic (exact) mass is 226 g/mol. The Bertz CT molecular complexity index is 325. The van der Waals surface area contributed by atoms with E-state index in [2.05, 4.69) is 33.5 Å². The van der Waals surface area contributed by atoms with Gasteiger partial charge in [-0.05, 0) is 33.7 Å². The zero-order valence-corrected chi connectivity index (χ0v) is 10.3. The van der Waals surface area contributed by atoms with Crippen molar-refractivity contribution in [1.29, 1.82) is 0 Å². The highest BCUT2D eigenvalue weighted by atomic mass is 32.1. The predicted molar refractivity (Wildman–Crippen MR) is 63.4 cm³/mol. The van der Waals surface area contributed by atoms with Crippen molar-refractivity contribution in [1.82, 2.24) is 14.3 Å². The Morgan fingerprint density at radius 3 is 2.87 bits per heavy atom. The van der Waals surface area contributed by atoms with Crippen LogP contribution in [-0.4, -0.2) is 39.9 Å². The third-order valence-electron chi connectivity index (χ3n) is 3.21. The molecule has 1 aromatic rings. The number of aryl methyl sites for hydroxylation is 1. The van der Waals surface area contributed by atoms with Gasteiger partial charge in [0.25, 0.3) is 0 Å². The molecule has 2 atom stereocenters. The summed E-state index contributed by atoms with van der Waals surface area (Å²) < 4.78 is 4.15. The number of hydrogen-bond donors (Lipinski definition) is 1. The Morgan fingerprint density at radius 1 is 1.53 bits per heavy atom. The van der Waals surface area contributed by atoms with E-state index in [0.29, 0.717) is 12.1 Å². The number of nitrogens with zero attached hydrogens (tertiary/aromatic N) is 3. The molecule has 2 rings (SSSR count). The summed E-state index contributed by atoms with van der Waals surface area (Å²) >= 11 is 1.44. The van der Waals surface area contributed by atoms with E-state index in [0.717, 1.165) is 17.5 Å². The van der Waals surface area contributed by atoms with Gasteiger partial charge in [-0.2, -0.15) is 4.37 Å². The molecule has 1 N–H and O–H groups in total. The van der Waals surface area contributed by atoms with Gasteiger partial charge in [0.2, 0.25) is 5.13 Å². The number of rotatable bonds is 3. The van der Waals surface area contributed by atoms with Gasteiger partial charge < -0.3 is 5.32 Å². The highest BCUT2D eigenvalue weighted by molar-refractivity contribution is 7.09. The number of likely N-dealkylation sites (N-methyl/N-ethyl adjacent to an activating group) is 1. The van der Waals surface area contributed by atoms with Crippen molar-refractivity contribution in [2.24, 2.45) is 0 Å². The first-order valence-electron chi connectivity index (χ1n) is 5.43. The van der Waals surface area contributed by atoms with Crippen LogP contribution >= 0.6 is 11.5 Å². The standard InChI is InChI=1S/C10H18N4S/c1-7-4-5-9(14(7)3)6-11-10-12-8(2)13-15-10/h7,9H,4-6H2,1-3H3,(H,11,12,13)/t7-,9-/m0/s1. The van der Waals surface area contributed by atoms with Crippen LogP contribution in [0.15, 0.2) is 0 Å². The van der Waals surface area contributed by atoms with E-state index >= 15 is 0 Å². The largest absolute Gasteiger partial charge is 0.359 e. The first kappa shape index (κ1) is 10.8. The van der Waals surface area contributed by atoms with E-state index in [4.69, 9.17) is 0 Å². The van der Waals surface area contributed by atoms with Crippen LogP contribution in [0.4, 0.5) is 5.13 Å². The molecule has 0 amide bonds. The van der Waals surface area contributed by atoms with Crippen molar-refractivity contribution in [3.8, 4) is 0 Å². The molecular formula is C10H18N4S. The second-order valence-electron chi connectivity index (χ2n) is 4.27. The molecule has 0 radical (unpaired) electrons. The molecule has 1 aliphatic heterocycles. The predicted octanol–water partition coefficient (Wildman–Crippen LogP) is 1.74. The van der Waals surface area contributed by atoms with Gasteiger partial charge >= 0.3 is 0 Å². The number of hydrogen-bond acceptors (Lipinski definition) is 5. The summed E-state index contributed by atoms with van der Waals surface area (Å²) in [5.41, 5.74) is 0. The van der Waals surface area contributed by atoms with Crippen molar-refractivity contribution < 1.29 is 0 Å². The quantitative estimate of drug-likeness (QED) is 0.852. The molecule has 0 aliphatic carbocycles. The zero-order valence-electron chi connectivity index (χ0n) is 9.53. The maximum atomic E-state index is 4.29. The van der Waals surface area contributed by atoms with E-state index < -0.39 is 0 Å². The summed E-state index contributed by atoms with van der Waals surface area (Å²) in [5, 5.41) is 4.31. The fourth-order valence-electron chi connectivity index (χ4n) is 2.02. The second-order valence-corrected chi connectivity index (χ2v) is 5.03. The first-order chi connectivity index (χ1) is 7.16. The molecule has 0 unspecified atom stereocenters. The van der Waals surface area contributed by atoms with E-state index in [9.17, 15) is 0 Å². The molecule has 1 aliphatic rings. The summed E-state index contributed by atoms with van der Waals surface area (Å²) in [4.78, 5) is 6.74. The van der Waals surface area contributed by atoms with Gasteiger partial charge in [0.05, 0.1) is 0 Å². The SMILES string of the molecule is Cc1nsc(NC[C@@H]2CC[C@H](C)N2C)n1. The highest BCUT2D eigenvalue weighted by Gasteiger charge is 2.26. The molecule has 84 valence electrons. The van der Waals surface area contributed by atoms with Crippen LogP contribution in [0.5, 0.6) is 0 Å². The van der Waals surface area contributed by atoms with Gasteiger partial charge in [-0.1, -0.05) is 0 Å². The van der Waals surface area contributed by atoms with Crippen LogP contribution < -0.4 is 5.32 Å². The molecule has 15 heavy (non-hydrogen) atoms. The van der Waals surface area contributed by atoms with Gasteiger partial charge in [0.1, 0.15) is 5.82 Å². The molecule has 1 fully saturated rings. The lowest BCUT2D eigenvalue weighted by Gasteiger charge is -2.23. The van der Waals surface area contributed by atoms with Gasteiger partial charge in [-0.15, -0.1) is 0 Å². The molecule has 0 bridgehead atoms. The average Bonchev–Trinajstić information content (AvgIpc) is 2.74. The molecule has 1 saturated heterocycles. The van der Waals surface area contributed by atoms with Crippen molar-refractivity contribution in [3.05, 3.63) is 5.82 Å². The molecule has 2 heterocycles. The third-order valence-corrected chi connectivity index (χ3v) is 3.97. The van der Waals surface area contributed by atoms with Crippen molar-refractivity contribution in [2.75, 3.05) is 18.9 Å². The van der Waals surface area contributed by atoms with Gasteiger partial charge in [0, 0.05) is 30.2 Å². The van der Waals surface area contributed by atoms with Crippen LogP contribution in [0.3, 0.4) is 0 Å². The Morgan fingerprint density at radius 2 is 2.33 bits per heavy atom. The Labute approximate surface area is 94.9 Å². The van der Waals surface area contributed by atoms with Crippen LogP contribution in [0.2, 0.25) is 0 Å². The van der Waals surface area contributed by atoms with Crippen molar-refractivity contribution in [3.63, 3.8) is 0 Å². The van der Waals surface area contributed by atoms with Gasteiger partial charge in [0.15, 0.2) is 0 Å². The molecule has 0 spiro atoms. The Kier molecular flexibility index (Phi) is 3.21. The number of likely N-dealkylation sites (tertiary alicyclic amines) is 1. The molecule has 5 heteroatoms. The summed E-state index contributed by atoms with van der Waals surface area (Å²) in [5.74, 6) is 0.857. The normalized spacial score (nSPS) is 27.1. The fourth-order valence-corrected chi connectivity index (χ4v) is 2.60. The van der Waals surface area contributed by atoms with Crippen molar-refractivity contribution >= 4 is 16.7 Å². The molecule has 0 saturated carbocycles. The van der Waals surface area contributed by atoms with Gasteiger partial charge in [-0.3, -0.25) is 4.90 Å². The van der Waals surface area contributed by atoms with E-state index in [-0.39, 0.29) is 0 Å². The fraction of sp³-hybridized carbons (Fsp3) is 0.800. The van der Waals surface area contributed by atoms with Crippen molar-refractivity contribution in [2.45, 2.75) is 38.8 Å². The van der Waals surface area contributed by atoms with Gasteiger partial charge in [-0.25, -0.2) is 4.98 Å². The van der Waals surface area contributed by atoms with E-state index in [1.807, 2.05) is 6.92 Å². The number of aromatic nitrogens is 2. The minimum Gasteiger partial charge on any atom is -0.359 e. The second kappa shape index (κ2) is 4.45. The van der Waals surface area contributed by atoms with E-state index in [1.54, 1.807) is 0 Å². The number of nitrogens with one attached hydrogen (secondary N) is 1. The summed E-state index contributed by atoms with van der Waals surface area (Å²) in [7, 11) is 2.20. The maximum absolute atomic E-state index is 4.29. The maximum Gasteiger partial charge on any atom is 0.202 e. The summed E-state index contributed by atoms with van der Waals surface area (Å²) in [6.45, 7) is 5.19. The Balaban J connectivity index is 1.83. The van der Waals surface area contributed by atoms with E-state index in [1.165, 1.54) is 24.4 Å². The third kappa shape index (κ3) is 2.46. The average molecular weight is 226 g/mol. The smallest absolute Gasteiger partial charge is 0.202 e. The highest BCUT2D eigenvalue weighted by Crippen LogP contribution is 2.22. The topological polar surface area (TPSA) is 41.1 Å². The molecule has 1 aromatic heterocycles. The summed E-state index contributed by atoms with van der Waals surface area (Å²) in [6, 6.07) is 1.36. The lowest BCUT2D eigenvalue weighted by atomic mass is 10.2. The lowest BCUT2D eigenvalue weighted by Crippen LogP contribution is -2.35. The Hall–Kier alpha value is -0.680. The minimum atomic E-state index is 0.643. The molecular weight excluding hydrogens is 208 g/mol. The first-order valence-corrected chi connectivity index (χ1v) is 6.20. The molecule has 0 aromatic carbocycles. The summed E-state index contributed by atoms with van der Waals surface area (Å²) in [6.07, 6.45) is 2.58. The number of anilines is 1. The minimum absolute atomic E-state index is 0.643. The zero-order chi connectivity index (χ0) is 10.8. The lowest BCUT2D eigenvalue weighted by molar-refractivity contribution is 0.262.